The summed E-state index contributed by atoms with van der Waals surface area (Å²) in [5.74, 6) is -0.155. The fourth-order valence-electron chi connectivity index (χ4n) is 2.52. The minimum absolute atomic E-state index is 0.0125. The summed E-state index contributed by atoms with van der Waals surface area (Å²) in [5.41, 5.74) is 1.55. The van der Waals surface area contributed by atoms with Gasteiger partial charge in [0, 0.05) is 18.5 Å². The van der Waals surface area contributed by atoms with Gasteiger partial charge in [-0.15, -0.1) is 0 Å². The lowest BCUT2D eigenvalue weighted by molar-refractivity contribution is -0.118. The Morgan fingerprint density at radius 1 is 1.47 bits per heavy atom. The summed E-state index contributed by atoms with van der Waals surface area (Å²) in [5, 5.41) is 12.4. The van der Waals surface area contributed by atoms with Gasteiger partial charge in [0.15, 0.2) is 0 Å². The first kappa shape index (κ1) is 13.7. The van der Waals surface area contributed by atoms with Crippen molar-refractivity contribution < 1.29 is 9.90 Å². The summed E-state index contributed by atoms with van der Waals surface area (Å²) in [7, 11) is 0. The fourth-order valence-corrected chi connectivity index (χ4v) is 2.52. The average Bonchev–Trinajstić information content (AvgIpc) is 2.86. The maximum Gasteiger partial charge on any atom is 0.244 e. The molecule has 0 aliphatic heterocycles. The number of nitrogens with zero attached hydrogens (tertiary/aromatic N) is 1. The normalized spacial score (nSPS) is 17.8. The van der Waals surface area contributed by atoms with Crippen molar-refractivity contribution in [1.82, 2.24) is 10.3 Å². The maximum absolute atomic E-state index is 11.9. The molecule has 1 saturated carbocycles. The summed E-state index contributed by atoms with van der Waals surface area (Å²) in [6.45, 7) is 1.97. The highest BCUT2D eigenvalue weighted by Gasteiger charge is 2.33. The van der Waals surface area contributed by atoms with Crippen LogP contribution in [0.4, 0.5) is 0 Å². The molecule has 0 unspecified atom stereocenters. The Bertz CT molecular complexity index is 477. The highest BCUT2D eigenvalue weighted by atomic mass is 16.3. The van der Waals surface area contributed by atoms with Gasteiger partial charge >= 0.3 is 0 Å². The molecule has 0 radical (unpaired) electrons. The number of aliphatic hydroxyl groups is 1. The lowest BCUT2D eigenvalue weighted by Crippen LogP contribution is -2.48. The van der Waals surface area contributed by atoms with Crippen LogP contribution in [0.2, 0.25) is 0 Å². The zero-order chi connectivity index (χ0) is 13.7. The monoisotopic (exact) mass is 260 g/mol. The maximum atomic E-state index is 11.9. The Morgan fingerprint density at radius 3 is 2.84 bits per heavy atom. The Labute approximate surface area is 113 Å². The predicted molar refractivity (Wildman–Crippen MR) is 74.4 cm³/mol. The zero-order valence-corrected chi connectivity index (χ0v) is 11.2. The van der Waals surface area contributed by atoms with Gasteiger partial charge in [-0.25, -0.2) is 0 Å². The third kappa shape index (κ3) is 3.64. The number of carbonyl (C=O) groups excluding carboxylic acids is 1. The number of carbonyl (C=O) groups is 1. The molecule has 1 amide bonds. The van der Waals surface area contributed by atoms with Crippen LogP contribution in [0.15, 0.2) is 24.5 Å². The van der Waals surface area contributed by atoms with Gasteiger partial charge in [0.1, 0.15) is 0 Å². The molecule has 1 aliphatic rings. The number of hydrogen-bond acceptors (Lipinski definition) is 3. The quantitative estimate of drug-likeness (QED) is 0.812. The molecule has 102 valence electrons. The van der Waals surface area contributed by atoms with Gasteiger partial charge in [0.2, 0.25) is 5.91 Å². The summed E-state index contributed by atoms with van der Waals surface area (Å²) in [4.78, 5) is 16.0. The standard InChI is InChI=1S/C15H20N2O2/c1-12-8-13(10-16-9-12)4-5-14(19)17-15(11-18)6-2-3-7-15/h4-5,8-10,18H,2-3,6-7,11H2,1H3,(H,17,19)/b5-4+. The van der Waals surface area contributed by atoms with Crippen molar-refractivity contribution >= 4 is 12.0 Å². The van der Waals surface area contributed by atoms with Crippen molar-refractivity contribution in [3.63, 3.8) is 0 Å². The summed E-state index contributed by atoms with van der Waals surface area (Å²) in [6, 6.07) is 1.97. The lowest BCUT2D eigenvalue weighted by atomic mass is 9.99. The molecule has 2 rings (SSSR count). The molecule has 0 atom stereocenters. The van der Waals surface area contributed by atoms with Gasteiger partial charge in [-0.3, -0.25) is 9.78 Å². The summed E-state index contributed by atoms with van der Waals surface area (Å²) >= 11 is 0. The van der Waals surface area contributed by atoms with Crippen LogP contribution >= 0.6 is 0 Å². The number of hydrogen-bond donors (Lipinski definition) is 2. The second kappa shape index (κ2) is 5.97. The van der Waals surface area contributed by atoms with E-state index in [0.717, 1.165) is 36.8 Å². The van der Waals surface area contributed by atoms with Gasteiger partial charge < -0.3 is 10.4 Å². The number of aromatic nitrogens is 1. The van der Waals surface area contributed by atoms with E-state index in [1.165, 1.54) is 6.08 Å². The third-order valence-corrected chi connectivity index (χ3v) is 3.57. The summed E-state index contributed by atoms with van der Waals surface area (Å²) in [6.07, 6.45) is 10.6. The van der Waals surface area contributed by atoms with E-state index < -0.39 is 5.54 Å². The molecule has 4 heteroatoms. The number of amides is 1. The van der Waals surface area contributed by atoms with Crippen LogP contribution in [0.5, 0.6) is 0 Å². The van der Waals surface area contributed by atoms with Crippen molar-refractivity contribution in [2.45, 2.75) is 38.1 Å². The van der Waals surface area contributed by atoms with Crippen molar-refractivity contribution in [2.75, 3.05) is 6.61 Å². The number of aryl methyl sites for hydroxylation is 1. The van der Waals surface area contributed by atoms with Crippen LogP contribution in [-0.2, 0) is 4.79 Å². The van der Waals surface area contributed by atoms with E-state index in [2.05, 4.69) is 10.3 Å². The van der Waals surface area contributed by atoms with Crippen LogP contribution in [0.25, 0.3) is 6.08 Å². The SMILES string of the molecule is Cc1cncc(/C=C/C(=O)NC2(CO)CCCC2)c1. The van der Waals surface area contributed by atoms with E-state index >= 15 is 0 Å². The van der Waals surface area contributed by atoms with Crippen molar-refractivity contribution in [1.29, 1.82) is 0 Å². The molecular formula is C15H20N2O2. The lowest BCUT2D eigenvalue weighted by Gasteiger charge is -2.27. The molecule has 0 spiro atoms. The van der Waals surface area contributed by atoms with E-state index in [1.807, 2.05) is 13.0 Å². The van der Waals surface area contributed by atoms with Crippen LogP contribution < -0.4 is 5.32 Å². The smallest absolute Gasteiger partial charge is 0.244 e. The second-order valence-electron chi connectivity index (χ2n) is 5.26. The van der Waals surface area contributed by atoms with Crippen LogP contribution in [-0.4, -0.2) is 28.1 Å². The minimum atomic E-state index is -0.410. The van der Waals surface area contributed by atoms with E-state index in [4.69, 9.17) is 0 Å². The van der Waals surface area contributed by atoms with Gasteiger partial charge in [0.05, 0.1) is 12.1 Å². The topological polar surface area (TPSA) is 62.2 Å². The fraction of sp³-hybridized carbons (Fsp3) is 0.467. The van der Waals surface area contributed by atoms with Gasteiger partial charge in [0.25, 0.3) is 0 Å². The van der Waals surface area contributed by atoms with E-state index in [9.17, 15) is 9.90 Å². The second-order valence-corrected chi connectivity index (χ2v) is 5.26. The Kier molecular flexibility index (Phi) is 4.32. The molecular weight excluding hydrogens is 240 g/mol. The number of pyridine rings is 1. The van der Waals surface area contributed by atoms with E-state index in [1.54, 1.807) is 18.5 Å². The molecule has 1 heterocycles. The van der Waals surface area contributed by atoms with Crippen LogP contribution in [0.3, 0.4) is 0 Å². The number of rotatable bonds is 4. The average molecular weight is 260 g/mol. The number of aliphatic hydroxyl groups excluding tert-OH is 1. The molecule has 0 aromatic carbocycles. The first-order valence-corrected chi connectivity index (χ1v) is 6.66. The first-order valence-electron chi connectivity index (χ1n) is 6.66. The van der Waals surface area contributed by atoms with Crippen molar-refractivity contribution in [3.05, 3.63) is 35.7 Å². The Hall–Kier alpha value is -1.68. The predicted octanol–water partition coefficient (Wildman–Crippen LogP) is 1.82. The molecule has 1 fully saturated rings. The highest BCUT2D eigenvalue weighted by Crippen LogP contribution is 2.29. The van der Waals surface area contributed by atoms with Crippen molar-refractivity contribution in [3.8, 4) is 0 Å². The molecule has 2 N–H and O–H groups in total. The molecule has 1 aromatic heterocycles. The molecule has 0 saturated heterocycles. The molecule has 1 aromatic rings. The molecule has 0 bridgehead atoms. The van der Waals surface area contributed by atoms with Crippen LogP contribution in [0.1, 0.15) is 36.8 Å². The summed E-state index contributed by atoms with van der Waals surface area (Å²) < 4.78 is 0. The zero-order valence-electron chi connectivity index (χ0n) is 11.2. The Balaban J connectivity index is 1.97. The Morgan fingerprint density at radius 2 is 2.21 bits per heavy atom. The van der Waals surface area contributed by atoms with E-state index in [-0.39, 0.29) is 12.5 Å². The number of nitrogens with one attached hydrogen (secondary N) is 1. The van der Waals surface area contributed by atoms with Gasteiger partial charge in [-0.2, -0.15) is 0 Å². The minimum Gasteiger partial charge on any atom is -0.394 e. The van der Waals surface area contributed by atoms with Crippen molar-refractivity contribution in [2.24, 2.45) is 0 Å². The highest BCUT2D eigenvalue weighted by molar-refractivity contribution is 5.92. The third-order valence-electron chi connectivity index (χ3n) is 3.57. The van der Waals surface area contributed by atoms with Gasteiger partial charge in [-0.1, -0.05) is 12.8 Å². The largest absolute Gasteiger partial charge is 0.394 e. The molecule has 4 nitrogen and oxygen atoms in total. The van der Waals surface area contributed by atoms with E-state index in [0.29, 0.717) is 0 Å². The molecule has 19 heavy (non-hydrogen) atoms. The first-order chi connectivity index (χ1) is 9.13. The molecule has 1 aliphatic carbocycles. The van der Waals surface area contributed by atoms with Gasteiger partial charge in [-0.05, 0) is 43.0 Å². The van der Waals surface area contributed by atoms with Crippen LogP contribution in [0, 0.1) is 6.92 Å².